The van der Waals surface area contributed by atoms with Crippen LogP contribution in [-0.2, 0) is 10.0 Å². The van der Waals surface area contributed by atoms with E-state index in [1.54, 1.807) is 30.3 Å². The van der Waals surface area contributed by atoms with E-state index in [0.717, 1.165) is 0 Å². The average Bonchev–Trinajstić information content (AvgIpc) is 2.48. The Morgan fingerprint density at radius 2 is 1.90 bits per heavy atom. The van der Waals surface area contributed by atoms with E-state index in [9.17, 15) is 13.5 Å². The molecule has 0 aliphatic carbocycles. The summed E-state index contributed by atoms with van der Waals surface area (Å²) in [6.45, 7) is 0. The number of benzene rings is 2. The van der Waals surface area contributed by atoms with Crippen LogP contribution >= 0.6 is 0 Å². The van der Waals surface area contributed by atoms with E-state index >= 15 is 0 Å². The van der Waals surface area contributed by atoms with Crippen LogP contribution in [0, 0.1) is 0 Å². The number of sulfonamides is 1. The Morgan fingerprint density at radius 1 is 1.19 bits per heavy atom. The number of hydrogen-bond donors (Lipinski definition) is 2. The van der Waals surface area contributed by atoms with Gasteiger partial charge in [0.05, 0.1) is 18.2 Å². The zero-order valence-corrected chi connectivity index (χ0v) is 12.0. The summed E-state index contributed by atoms with van der Waals surface area (Å²) in [5.74, 6) is 0.282. The van der Waals surface area contributed by atoms with Gasteiger partial charge in [0.15, 0.2) is 11.5 Å². The highest BCUT2D eigenvalue weighted by atomic mass is 32.2. The Kier molecular flexibility index (Phi) is 4.44. The number of methoxy groups -OCH3 is 1. The van der Waals surface area contributed by atoms with Crippen molar-refractivity contribution in [2.75, 3.05) is 7.11 Å². The summed E-state index contributed by atoms with van der Waals surface area (Å²) in [6.07, 6.45) is 1.29. The fourth-order valence-corrected chi connectivity index (χ4v) is 2.42. The first-order valence-corrected chi connectivity index (χ1v) is 7.48. The number of nitrogens with one attached hydrogen (secondary N) is 1. The lowest BCUT2D eigenvalue weighted by atomic mass is 10.2. The van der Waals surface area contributed by atoms with Crippen molar-refractivity contribution in [1.29, 1.82) is 0 Å². The van der Waals surface area contributed by atoms with Gasteiger partial charge in [0.25, 0.3) is 10.0 Å². The van der Waals surface area contributed by atoms with E-state index in [4.69, 9.17) is 4.74 Å². The molecule has 0 saturated carbocycles. The Balaban J connectivity index is 2.11. The second-order valence-electron chi connectivity index (χ2n) is 4.10. The lowest BCUT2D eigenvalue weighted by molar-refractivity contribution is 0.373. The van der Waals surface area contributed by atoms with Crippen LogP contribution in [0.5, 0.6) is 11.5 Å². The molecule has 7 heteroatoms. The van der Waals surface area contributed by atoms with Crippen LogP contribution in [0.2, 0.25) is 0 Å². The Hall–Kier alpha value is -2.54. The van der Waals surface area contributed by atoms with Crippen LogP contribution in [0.4, 0.5) is 0 Å². The molecule has 6 nitrogen and oxygen atoms in total. The number of hydrogen-bond acceptors (Lipinski definition) is 5. The summed E-state index contributed by atoms with van der Waals surface area (Å²) >= 11 is 0. The van der Waals surface area contributed by atoms with Crippen LogP contribution in [0.15, 0.2) is 58.5 Å². The highest BCUT2D eigenvalue weighted by Gasteiger charge is 2.11. The highest BCUT2D eigenvalue weighted by molar-refractivity contribution is 7.89. The molecule has 2 rings (SSSR count). The molecule has 0 aliphatic rings. The number of aromatic hydroxyl groups is 1. The molecule has 0 fully saturated rings. The smallest absolute Gasteiger partial charge is 0.276 e. The normalized spacial score (nSPS) is 11.5. The molecule has 0 aromatic heterocycles. The van der Waals surface area contributed by atoms with Gasteiger partial charge < -0.3 is 9.84 Å². The largest absolute Gasteiger partial charge is 0.504 e. The van der Waals surface area contributed by atoms with Crippen molar-refractivity contribution >= 4 is 16.2 Å². The summed E-state index contributed by atoms with van der Waals surface area (Å²) in [7, 11) is -2.25. The Bertz CT molecular complexity index is 743. The van der Waals surface area contributed by atoms with Crippen LogP contribution in [0.1, 0.15) is 5.56 Å². The number of phenolic OH excluding ortho intramolecular Hbond substituents is 1. The fraction of sp³-hybridized carbons (Fsp3) is 0.0714. The quantitative estimate of drug-likeness (QED) is 0.650. The molecule has 0 bridgehead atoms. The van der Waals surface area contributed by atoms with Gasteiger partial charge in [-0.05, 0) is 35.9 Å². The minimum absolute atomic E-state index is 0.0487. The molecule has 2 aromatic carbocycles. The molecule has 21 heavy (non-hydrogen) atoms. The van der Waals surface area contributed by atoms with Crippen molar-refractivity contribution in [3.05, 3.63) is 54.1 Å². The molecule has 0 unspecified atom stereocenters. The molecule has 0 spiro atoms. The van der Waals surface area contributed by atoms with Crippen molar-refractivity contribution < 1.29 is 18.3 Å². The first-order chi connectivity index (χ1) is 10.0. The van der Waals surface area contributed by atoms with Crippen molar-refractivity contribution in [3.63, 3.8) is 0 Å². The zero-order chi connectivity index (χ0) is 15.3. The molecule has 0 atom stereocenters. The topological polar surface area (TPSA) is 88.0 Å². The van der Waals surface area contributed by atoms with Gasteiger partial charge in [-0.3, -0.25) is 0 Å². The maximum absolute atomic E-state index is 11.9. The lowest BCUT2D eigenvalue weighted by Gasteiger charge is -2.04. The second kappa shape index (κ2) is 6.27. The van der Waals surface area contributed by atoms with E-state index < -0.39 is 10.0 Å². The third kappa shape index (κ3) is 3.73. The minimum Gasteiger partial charge on any atom is -0.504 e. The molecule has 2 N–H and O–H groups in total. The molecule has 0 saturated heterocycles. The number of ether oxygens (including phenoxy) is 1. The Morgan fingerprint density at radius 3 is 2.52 bits per heavy atom. The average molecular weight is 306 g/mol. The minimum atomic E-state index is -3.69. The number of rotatable bonds is 5. The molecule has 0 heterocycles. The third-order valence-electron chi connectivity index (χ3n) is 2.64. The standard InChI is InChI=1S/C14H14N2O4S/c1-20-14-8-7-11(9-13(14)17)10-15-16-21(18,19)12-5-3-2-4-6-12/h2-10,16-17H,1H3. The molecule has 0 amide bonds. The predicted molar refractivity (Wildman–Crippen MR) is 79.0 cm³/mol. The molecule has 110 valence electrons. The van der Waals surface area contributed by atoms with E-state index in [1.807, 2.05) is 0 Å². The second-order valence-corrected chi connectivity index (χ2v) is 5.76. The summed E-state index contributed by atoms with van der Waals surface area (Å²) in [6, 6.07) is 12.5. The maximum Gasteiger partial charge on any atom is 0.276 e. The summed E-state index contributed by atoms with van der Waals surface area (Å²) in [5.41, 5.74) is 0.532. The highest BCUT2D eigenvalue weighted by Crippen LogP contribution is 2.25. The third-order valence-corrected chi connectivity index (χ3v) is 3.88. The molecular formula is C14H14N2O4S. The summed E-state index contributed by atoms with van der Waals surface area (Å²) < 4.78 is 28.7. The first-order valence-electron chi connectivity index (χ1n) is 6.00. The Labute approximate surface area is 122 Å². The van der Waals surface area contributed by atoms with Gasteiger partial charge in [-0.15, -0.1) is 0 Å². The van der Waals surface area contributed by atoms with Gasteiger partial charge in [0.2, 0.25) is 0 Å². The van der Waals surface area contributed by atoms with E-state index in [2.05, 4.69) is 9.93 Å². The molecule has 0 radical (unpaired) electrons. The van der Waals surface area contributed by atoms with Gasteiger partial charge in [-0.2, -0.15) is 13.5 Å². The summed E-state index contributed by atoms with van der Waals surface area (Å²) in [4.78, 5) is 2.23. The van der Waals surface area contributed by atoms with Gasteiger partial charge in [-0.1, -0.05) is 18.2 Å². The fourth-order valence-electron chi connectivity index (χ4n) is 1.61. The summed E-state index contributed by atoms with van der Waals surface area (Å²) in [5, 5.41) is 13.3. The van der Waals surface area contributed by atoms with E-state index in [0.29, 0.717) is 11.3 Å². The van der Waals surface area contributed by atoms with Gasteiger partial charge >= 0.3 is 0 Å². The predicted octanol–water partition coefficient (Wildman–Crippen LogP) is 1.71. The zero-order valence-electron chi connectivity index (χ0n) is 11.2. The number of phenols is 1. The van der Waals surface area contributed by atoms with Crippen molar-refractivity contribution in [1.82, 2.24) is 4.83 Å². The van der Waals surface area contributed by atoms with Gasteiger partial charge in [-0.25, -0.2) is 4.83 Å². The molecular weight excluding hydrogens is 292 g/mol. The van der Waals surface area contributed by atoms with Crippen molar-refractivity contribution in [3.8, 4) is 11.5 Å². The van der Waals surface area contributed by atoms with E-state index in [-0.39, 0.29) is 10.6 Å². The monoisotopic (exact) mass is 306 g/mol. The SMILES string of the molecule is COc1ccc(C=NNS(=O)(=O)c2ccccc2)cc1O. The molecule has 2 aromatic rings. The van der Waals surface area contributed by atoms with E-state index in [1.165, 1.54) is 31.5 Å². The number of hydrazone groups is 1. The van der Waals surface area contributed by atoms with Crippen molar-refractivity contribution in [2.24, 2.45) is 5.10 Å². The number of nitrogens with zero attached hydrogens (tertiary/aromatic N) is 1. The maximum atomic E-state index is 11.9. The first kappa shape index (κ1) is 14.9. The van der Waals surface area contributed by atoms with Gasteiger partial charge in [0.1, 0.15) is 0 Å². The van der Waals surface area contributed by atoms with Crippen LogP contribution in [0.3, 0.4) is 0 Å². The van der Waals surface area contributed by atoms with Gasteiger partial charge in [0, 0.05) is 0 Å². The lowest BCUT2D eigenvalue weighted by Crippen LogP contribution is -2.18. The molecule has 0 aliphatic heterocycles. The van der Waals surface area contributed by atoms with Crippen molar-refractivity contribution in [2.45, 2.75) is 4.90 Å². The van der Waals surface area contributed by atoms with Crippen LogP contribution in [0.25, 0.3) is 0 Å². The van der Waals surface area contributed by atoms with Crippen LogP contribution < -0.4 is 9.57 Å². The van der Waals surface area contributed by atoms with Crippen LogP contribution in [-0.4, -0.2) is 26.8 Å².